The first-order chi connectivity index (χ1) is 23.5. The van der Waals surface area contributed by atoms with Crippen molar-refractivity contribution in [2.24, 2.45) is 5.73 Å². The fraction of sp³-hybridized carbons (Fsp3) is 0.200. The monoisotopic (exact) mass is 682 g/mol. The van der Waals surface area contributed by atoms with Crippen LogP contribution in [0.2, 0.25) is 0 Å². The molecular weight excluding hydrogens is 651 g/mol. The summed E-state index contributed by atoms with van der Waals surface area (Å²) in [5.74, 6) is -0.911. The van der Waals surface area contributed by atoms with Crippen molar-refractivity contribution in [1.82, 2.24) is 28.6 Å². The molecule has 0 bridgehead atoms. The number of aryl methyl sites for hydroxylation is 1. The summed E-state index contributed by atoms with van der Waals surface area (Å²) < 4.78 is 58.2. The second-order valence-electron chi connectivity index (χ2n) is 12.1. The number of fused-ring (bicyclic) bond motifs is 1. The molecule has 1 aliphatic heterocycles. The van der Waals surface area contributed by atoms with E-state index in [-0.39, 0.29) is 29.5 Å². The number of carbonyl (C=O) groups excluding carboxylic acids is 1. The van der Waals surface area contributed by atoms with Gasteiger partial charge in [-0.2, -0.15) is 5.10 Å². The summed E-state index contributed by atoms with van der Waals surface area (Å²) in [5, 5.41) is 4.97. The minimum Gasteiger partial charge on any atom is -0.369 e. The van der Waals surface area contributed by atoms with Crippen molar-refractivity contribution < 1.29 is 22.0 Å². The van der Waals surface area contributed by atoms with E-state index in [4.69, 9.17) is 10.7 Å². The Hall–Kier alpha value is -5.47. The van der Waals surface area contributed by atoms with Gasteiger partial charge in [0.25, 0.3) is 10.0 Å². The fourth-order valence-electron chi connectivity index (χ4n) is 6.05. The van der Waals surface area contributed by atoms with E-state index in [0.29, 0.717) is 48.3 Å². The lowest BCUT2D eigenvalue weighted by Gasteiger charge is -2.34. The summed E-state index contributed by atoms with van der Waals surface area (Å²) >= 11 is 0. The number of carbonyl (C=O) groups is 1. The van der Waals surface area contributed by atoms with Crippen LogP contribution in [0.3, 0.4) is 0 Å². The molecule has 5 heterocycles. The fourth-order valence-corrected chi connectivity index (χ4v) is 7.38. The minimum absolute atomic E-state index is 0.108. The number of anilines is 1. The standard InChI is InChI=1S/C35H32F2N8O3S/c1-23-2-5-30(6-3-23)49(47,48)45-21-32(27-18-41-44(20-27)19-24-12-28(36)15-29(37)13-24)31-14-26(17-40-35(31)45)25-4-7-34(39-16-25)43-10-8-42(9-11-43)22-33(38)46/h2-7,12-18,20-21H,8-11,19,22H2,1H3,(H2,38,46). The maximum Gasteiger partial charge on any atom is 0.269 e. The number of nitrogens with two attached hydrogens (primary N) is 1. The summed E-state index contributed by atoms with van der Waals surface area (Å²) in [6.07, 6.45) is 8.18. The lowest BCUT2D eigenvalue weighted by atomic mass is 10.1. The van der Waals surface area contributed by atoms with Gasteiger partial charge in [-0.05, 0) is 55.0 Å². The zero-order chi connectivity index (χ0) is 34.3. The first kappa shape index (κ1) is 32.1. The quantitative estimate of drug-likeness (QED) is 0.237. The van der Waals surface area contributed by atoms with E-state index in [1.54, 1.807) is 49.1 Å². The van der Waals surface area contributed by atoms with Gasteiger partial charge < -0.3 is 10.6 Å². The van der Waals surface area contributed by atoms with Crippen LogP contribution in [0.25, 0.3) is 33.3 Å². The van der Waals surface area contributed by atoms with E-state index in [9.17, 15) is 22.0 Å². The SMILES string of the molecule is Cc1ccc(S(=O)(=O)n2cc(-c3cnn(Cc4cc(F)cc(F)c4)c3)c3cc(-c4ccc(N5CCN(CC(N)=O)CC5)nc4)cnc32)cc1. The molecule has 0 radical (unpaired) electrons. The lowest BCUT2D eigenvalue weighted by molar-refractivity contribution is -0.119. The van der Waals surface area contributed by atoms with Crippen LogP contribution < -0.4 is 10.6 Å². The third-order valence-electron chi connectivity index (χ3n) is 8.56. The van der Waals surface area contributed by atoms with Gasteiger partial charge in [0.05, 0.1) is 24.2 Å². The van der Waals surface area contributed by atoms with Gasteiger partial charge in [0, 0.05) is 84.7 Å². The molecule has 1 fully saturated rings. The Balaban J connectivity index is 1.24. The van der Waals surface area contributed by atoms with Gasteiger partial charge in [-0.1, -0.05) is 17.7 Å². The largest absolute Gasteiger partial charge is 0.369 e. The molecule has 1 saturated heterocycles. The van der Waals surface area contributed by atoms with Crippen LogP contribution in [0.5, 0.6) is 0 Å². The van der Waals surface area contributed by atoms with Crippen molar-refractivity contribution >= 4 is 32.8 Å². The Kier molecular flexibility index (Phi) is 8.42. The normalized spacial score (nSPS) is 14.1. The highest BCUT2D eigenvalue weighted by Gasteiger charge is 2.24. The van der Waals surface area contributed by atoms with Gasteiger partial charge in [0.15, 0.2) is 5.65 Å². The van der Waals surface area contributed by atoms with E-state index >= 15 is 0 Å². The Labute approximate surface area is 281 Å². The van der Waals surface area contributed by atoms with Crippen molar-refractivity contribution in [2.45, 2.75) is 18.4 Å². The molecule has 49 heavy (non-hydrogen) atoms. The molecule has 7 rings (SSSR count). The molecular formula is C35H32F2N8O3S. The number of benzene rings is 2. The van der Waals surface area contributed by atoms with Crippen molar-refractivity contribution in [1.29, 1.82) is 0 Å². The Morgan fingerprint density at radius 1 is 0.837 bits per heavy atom. The molecule has 0 aliphatic carbocycles. The Morgan fingerprint density at radius 2 is 1.55 bits per heavy atom. The number of rotatable bonds is 9. The predicted molar refractivity (Wildman–Crippen MR) is 181 cm³/mol. The number of hydrogen-bond donors (Lipinski definition) is 1. The number of piperazine rings is 1. The number of amides is 1. The van der Waals surface area contributed by atoms with Crippen molar-refractivity contribution in [3.05, 3.63) is 114 Å². The predicted octanol–water partition coefficient (Wildman–Crippen LogP) is 4.44. The number of aromatic nitrogens is 5. The number of hydrogen-bond acceptors (Lipinski definition) is 8. The van der Waals surface area contributed by atoms with Crippen LogP contribution in [0, 0.1) is 18.6 Å². The van der Waals surface area contributed by atoms with Gasteiger partial charge in [0.2, 0.25) is 5.91 Å². The van der Waals surface area contributed by atoms with Crippen LogP contribution in [0.4, 0.5) is 14.6 Å². The Morgan fingerprint density at radius 3 is 2.22 bits per heavy atom. The van der Waals surface area contributed by atoms with Crippen molar-refractivity contribution in [3.63, 3.8) is 0 Å². The highest BCUT2D eigenvalue weighted by atomic mass is 32.2. The molecule has 0 atom stereocenters. The summed E-state index contributed by atoms with van der Waals surface area (Å²) in [6.45, 7) is 5.05. The number of halogens is 2. The van der Waals surface area contributed by atoms with Gasteiger partial charge in [-0.3, -0.25) is 14.4 Å². The first-order valence-corrected chi connectivity index (χ1v) is 17.0. The third kappa shape index (κ3) is 6.65. The summed E-state index contributed by atoms with van der Waals surface area (Å²) in [6, 6.07) is 15.6. The lowest BCUT2D eigenvalue weighted by Crippen LogP contribution is -2.49. The number of pyridine rings is 2. The maximum absolute atomic E-state index is 13.9. The number of primary amides is 1. The van der Waals surface area contributed by atoms with Gasteiger partial charge in [0.1, 0.15) is 17.5 Å². The van der Waals surface area contributed by atoms with Gasteiger partial charge >= 0.3 is 0 Å². The highest BCUT2D eigenvalue weighted by Crippen LogP contribution is 2.35. The highest BCUT2D eigenvalue weighted by molar-refractivity contribution is 7.90. The molecule has 250 valence electrons. The molecule has 2 N–H and O–H groups in total. The van der Waals surface area contributed by atoms with Crippen LogP contribution in [0.15, 0.2) is 96.5 Å². The van der Waals surface area contributed by atoms with Crippen molar-refractivity contribution in [3.8, 4) is 22.3 Å². The average molecular weight is 683 g/mol. The van der Waals surface area contributed by atoms with E-state index in [0.717, 1.165) is 28.6 Å². The molecule has 11 nitrogen and oxygen atoms in total. The Bertz CT molecular complexity index is 2260. The van der Waals surface area contributed by atoms with Crippen LogP contribution >= 0.6 is 0 Å². The van der Waals surface area contributed by atoms with E-state index in [1.807, 2.05) is 30.0 Å². The molecule has 0 spiro atoms. The molecule has 0 saturated carbocycles. The summed E-state index contributed by atoms with van der Waals surface area (Å²) in [4.78, 5) is 24.9. The minimum atomic E-state index is -4.03. The molecule has 14 heteroatoms. The maximum atomic E-state index is 13.9. The van der Waals surface area contributed by atoms with Gasteiger partial charge in [-0.15, -0.1) is 0 Å². The molecule has 4 aromatic heterocycles. The molecule has 1 aliphatic rings. The second-order valence-corrected chi connectivity index (χ2v) is 13.9. The van der Waals surface area contributed by atoms with E-state index < -0.39 is 21.7 Å². The number of nitrogens with zero attached hydrogens (tertiary/aromatic N) is 7. The van der Waals surface area contributed by atoms with Crippen molar-refractivity contribution in [2.75, 3.05) is 37.6 Å². The van der Waals surface area contributed by atoms with Crippen LogP contribution in [-0.2, 0) is 21.4 Å². The third-order valence-corrected chi connectivity index (χ3v) is 10.2. The summed E-state index contributed by atoms with van der Waals surface area (Å²) in [7, 11) is -4.03. The molecule has 6 aromatic rings. The first-order valence-electron chi connectivity index (χ1n) is 15.6. The van der Waals surface area contributed by atoms with Crippen LogP contribution in [-0.4, -0.2) is 75.7 Å². The zero-order valence-electron chi connectivity index (χ0n) is 26.5. The summed E-state index contributed by atoms with van der Waals surface area (Å²) in [5.41, 5.74) is 9.57. The van der Waals surface area contributed by atoms with Crippen LogP contribution in [0.1, 0.15) is 11.1 Å². The van der Waals surface area contributed by atoms with Gasteiger partial charge in [-0.25, -0.2) is 31.1 Å². The molecule has 0 unspecified atom stereocenters. The molecule has 1 amide bonds. The molecule has 2 aromatic carbocycles. The average Bonchev–Trinajstić information content (AvgIpc) is 3.69. The zero-order valence-corrected chi connectivity index (χ0v) is 27.3. The second kappa shape index (κ2) is 12.9. The van der Waals surface area contributed by atoms with E-state index in [1.165, 1.54) is 27.0 Å². The topological polar surface area (TPSA) is 132 Å². The smallest absolute Gasteiger partial charge is 0.269 e. The van der Waals surface area contributed by atoms with E-state index in [2.05, 4.69) is 15.0 Å².